The zero-order valence-electron chi connectivity index (χ0n) is 12.5. The van der Waals surface area contributed by atoms with E-state index in [0.717, 1.165) is 25.7 Å². The number of hydrogen-bond acceptors (Lipinski definition) is 6. The average molecular weight is 293 g/mol. The van der Waals surface area contributed by atoms with E-state index in [-0.39, 0.29) is 23.8 Å². The predicted molar refractivity (Wildman–Crippen MR) is 81.2 cm³/mol. The summed E-state index contributed by atoms with van der Waals surface area (Å²) in [6, 6.07) is 0.385. The van der Waals surface area contributed by atoms with Crippen LogP contribution in [0.15, 0.2) is 6.20 Å². The number of carbonyl (C=O) groups excluding carboxylic acids is 1. The number of rotatable bonds is 5. The molecule has 0 unspecified atom stereocenters. The van der Waals surface area contributed by atoms with Crippen LogP contribution in [0.3, 0.4) is 0 Å². The molecule has 1 saturated carbocycles. The van der Waals surface area contributed by atoms with Gasteiger partial charge in [-0.15, -0.1) is 0 Å². The molecule has 0 radical (unpaired) electrons. The van der Waals surface area contributed by atoms with Gasteiger partial charge in [0.15, 0.2) is 0 Å². The number of nitrogens with one attached hydrogen (secondary N) is 2. The molecule has 7 heteroatoms. The van der Waals surface area contributed by atoms with Crippen LogP contribution in [0.5, 0.6) is 0 Å². The van der Waals surface area contributed by atoms with Crippen molar-refractivity contribution in [1.29, 1.82) is 0 Å². The highest BCUT2D eigenvalue weighted by Gasteiger charge is 2.20. The SMILES string of the molecule is CC(C)Nc1nc(N[C@H]2CC[C@H](O)CC2)ncc1C(N)=O. The highest BCUT2D eigenvalue weighted by atomic mass is 16.3. The highest BCUT2D eigenvalue weighted by Crippen LogP contribution is 2.22. The Labute approximate surface area is 124 Å². The van der Waals surface area contributed by atoms with E-state index < -0.39 is 5.91 Å². The molecule has 0 bridgehead atoms. The molecule has 1 aliphatic rings. The van der Waals surface area contributed by atoms with Crippen molar-refractivity contribution < 1.29 is 9.90 Å². The Kier molecular flexibility index (Phi) is 4.95. The van der Waals surface area contributed by atoms with E-state index in [0.29, 0.717) is 11.8 Å². The van der Waals surface area contributed by atoms with Crippen molar-refractivity contribution in [3.63, 3.8) is 0 Å². The van der Waals surface area contributed by atoms with Crippen LogP contribution in [0.25, 0.3) is 0 Å². The highest BCUT2D eigenvalue weighted by molar-refractivity contribution is 5.97. The van der Waals surface area contributed by atoms with Crippen LogP contribution in [-0.4, -0.2) is 39.2 Å². The number of aliphatic hydroxyl groups excluding tert-OH is 1. The number of carbonyl (C=O) groups is 1. The molecular weight excluding hydrogens is 270 g/mol. The number of hydrogen-bond donors (Lipinski definition) is 4. The molecule has 7 nitrogen and oxygen atoms in total. The number of nitrogens with two attached hydrogens (primary N) is 1. The first kappa shape index (κ1) is 15.5. The number of primary amides is 1. The second-order valence-electron chi connectivity index (χ2n) is 5.77. The Balaban J connectivity index is 2.11. The van der Waals surface area contributed by atoms with Gasteiger partial charge >= 0.3 is 0 Å². The van der Waals surface area contributed by atoms with Crippen LogP contribution < -0.4 is 16.4 Å². The fourth-order valence-electron chi connectivity index (χ4n) is 2.42. The number of amides is 1. The number of aliphatic hydroxyl groups is 1. The molecule has 0 atom stereocenters. The first-order chi connectivity index (χ1) is 9.95. The molecule has 0 aliphatic heterocycles. The molecule has 0 aromatic carbocycles. The summed E-state index contributed by atoms with van der Waals surface area (Å²) in [6.45, 7) is 3.92. The lowest BCUT2D eigenvalue weighted by atomic mass is 9.93. The normalized spacial score (nSPS) is 22.1. The van der Waals surface area contributed by atoms with Gasteiger partial charge in [-0.3, -0.25) is 4.79 Å². The van der Waals surface area contributed by atoms with Gasteiger partial charge in [-0.25, -0.2) is 4.98 Å². The van der Waals surface area contributed by atoms with E-state index in [9.17, 15) is 9.90 Å². The molecule has 116 valence electrons. The topological polar surface area (TPSA) is 113 Å². The predicted octanol–water partition coefficient (Wildman–Crippen LogP) is 1.11. The molecule has 5 N–H and O–H groups in total. The van der Waals surface area contributed by atoms with E-state index in [2.05, 4.69) is 20.6 Å². The maximum atomic E-state index is 11.4. The van der Waals surface area contributed by atoms with E-state index in [4.69, 9.17) is 5.73 Å². The van der Waals surface area contributed by atoms with Crippen molar-refractivity contribution in [3.8, 4) is 0 Å². The summed E-state index contributed by atoms with van der Waals surface area (Å²) in [5.41, 5.74) is 5.62. The summed E-state index contributed by atoms with van der Waals surface area (Å²) >= 11 is 0. The van der Waals surface area contributed by atoms with Crippen molar-refractivity contribution in [1.82, 2.24) is 9.97 Å². The minimum absolute atomic E-state index is 0.135. The minimum atomic E-state index is -0.550. The molecule has 1 aromatic rings. The van der Waals surface area contributed by atoms with Crippen molar-refractivity contribution >= 4 is 17.7 Å². The molecule has 1 aliphatic carbocycles. The summed E-state index contributed by atoms with van der Waals surface area (Å²) in [5, 5.41) is 15.9. The van der Waals surface area contributed by atoms with E-state index in [1.54, 1.807) is 0 Å². The number of nitrogens with zero attached hydrogens (tertiary/aromatic N) is 2. The van der Waals surface area contributed by atoms with Gasteiger partial charge in [0, 0.05) is 18.3 Å². The third kappa shape index (κ3) is 4.29. The fourth-order valence-corrected chi connectivity index (χ4v) is 2.42. The second-order valence-corrected chi connectivity index (χ2v) is 5.77. The third-order valence-electron chi connectivity index (χ3n) is 3.51. The van der Waals surface area contributed by atoms with Crippen molar-refractivity contribution in [2.24, 2.45) is 5.73 Å². The lowest BCUT2D eigenvalue weighted by Crippen LogP contribution is -2.29. The second kappa shape index (κ2) is 6.71. The zero-order valence-corrected chi connectivity index (χ0v) is 12.5. The van der Waals surface area contributed by atoms with Crippen LogP contribution in [0.4, 0.5) is 11.8 Å². The van der Waals surface area contributed by atoms with Gasteiger partial charge in [-0.05, 0) is 39.5 Å². The maximum Gasteiger partial charge on any atom is 0.254 e. The monoisotopic (exact) mass is 293 g/mol. The molecule has 1 heterocycles. The maximum absolute atomic E-state index is 11.4. The van der Waals surface area contributed by atoms with E-state index in [1.165, 1.54) is 6.20 Å². The number of aromatic nitrogens is 2. The van der Waals surface area contributed by atoms with E-state index >= 15 is 0 Å². The zero-order chi connectivity index (χ0) is 15.4. The lowest BCUT2D eigenvalue weighted by Gasteiger charge is -2.26. The molecule has 0 saturated heterocycles. The standard InChI is InChI=1S/C14H23N5O2/c1-8(2)17-13-11(12(15)21)7-16-14(19-13)18-9-3-5-10(20)6-4-9/h7-10,20H,3-6H2,1-2H3,(H2,15,21)(H2,16,17,18,19)/t9-,10-. The molecule has 2 rings (SSSR count). The summed E-state index contributed by atoms with van der Waals surface area (Å²) in [5.74, 6) is 0.376. The first-order valence-electron chi connectivity index (χ1n) is 7.33. The largest absolute Gasteiger partial charge is 0.393 e. The Morgan fingerprint density at radius 3 is 2.62 bits per heavy atom. The van der Waals surface area contributed by atoms with Gasteiger partial charge in [0.2, 0.25) is 5.95 Å². The van der Waals surface area contributed by atoms with Gasteiger partial charge in [0.25, 0.3) is 5.91 Å². The lowest BCUT2D eigenvalue weighted by molar-refractivity contribution is 0.100. The Bertz CT molecular complexity index is 498. The minimum Gasteiger partial charge on any atom is -0.393 e. The third-order valence-corrected chi connectivity index (χ3v) is 3.51. The van der Waals surface area contributed by atoms with Crippen LogP contribution >= 0.6 is 0 Å². The average Bonchev–Trinajstić information content (AvgIpc) is 2.40. The molecule has 1 amide bonds. The van der Waals surface area contributed by atoms with Crippen LogP contribution in [0, 0.1) is 0 Å². The summed E-state index contributed by atoms with van der Waals surface area (Å²) < 4.78 is 0. The molecule has 1 aromatic heterocycles. The van der Waals surface area contributed by atoms with Gasteiger partial charge in [0.1, 0.15) is 5.82 Å². The summed E-state index contributed by atoms with van der Waals surface area (Å²) in [7, 11) is 0. The van der Waals surface area contributed by atoms with Crippen LogP contribution in [0.1, 0.15) is 49.9 Å². The Hall–Kier alpha value is -1.89. The first-order valence-corrected chi connectivity index (χ1v) is 7.33. The van der Waals surface area contributed by atoms with Gasteiger partial charge in [-0.1, -0.05) is 0 Å². The van der Waals surface area contributed by atoms with Gasteiger partial charge in [-0.2, -0.15) is 4.98 Å². The van der Waals surface area contributed by atoms with Crippen LogP contribution in [0.2, 0.25) is 0 Å². The van der Waals surface area contributed by atoms with Crippen LogP contribution in [-0.2, 0) is 0 Å². The Morgan fingerprint density at radius 2 is 2.05 bits per heavy atom. The fraction of sp³-hybridized carbons (Fsp3) is 0.643. The quantitative estimate of drug-likeness (QED) is 0.647. The van der Waals surface area contributed by atoms with E-state index in [1.807, 2.05) is 13.8 Å². The molecule has 0 spiro atoms. The van der Waals surface area contributed by atoms with Crippen molar-refractivity contribution in [2.45, 2.75) is 57.7 Å². The Morgan fingerprint density at radius 1 is 1.38 bits per heavy atom. The van der Waals surface area contributed by atoms with Crippen molar-refractivity contribution in [3.05, 3.63) is 11.8 Å². The molecular formula is C14H23N5O2. The molecule has 21 heavy (non-hydrogen) atoms. The smallest absolute Gasteiger partial charge is 0.254 e. The molecule has 1 fully saturated rings. The summed E-state index contributed by atoms with van der Waals surface area (Å²) in [6.07, 6.45) is 4.59. The van der Waals surface area contributed by atoms with Gasteiger partial charge < -0.3 is 21.5 Å². The van der Waals surface area contributed by atoms with Crippen molar-refractivity contribution in [2.75, 3.05) is 10.6 Å². The van der Waals surface area contributed by atoms with Gasteiger partial charge in [0.05, 0.1) is 11.7 Å². The summed E-state index contributed by atoms with van der Waals surface area (Å²) in [4.78, 5) is 19.9. The number of anilines is 2.